The minimum Gasteiger partial charge on any atom is -0.309 e. The number of para-hydroxylation sites is 3. The number of fused-ring (bicyclic) bond motifs is 12. The van der Waals surface area contributed by atoms with Gasteiger partial charge in [-0.3, -0.25) is 0 Å². The van der Waals surface area contributed by atoms with Crippen molar-refractivity contribution in [3.05, 3.63) is 187 Å². The third kappa shape index (κ3) is 4.36. The van der Waals surface area contributed by atoms with E-state index in [-0.39, 0.29) is 5.41 Å². The summed E-state index contributed by atoms with van der Waals surface area (Å²) in [5, 5.41) is 7.62. The molecule has 1 aliphatic carbocycles. The average molecular weight is 754 g/mol. The molecule has 4 heterocycles. The zero-order chi connectivity index (χ0) is 39.0. The van der Waals surface area contributed by atoms with Crippen molar-refractivity contribution in [2.45, 2.75) is 19.3 Å². The Balaban J connectivity index is 1.14. The molecule has 0 amide bonds. The van der Waals surface area contributed by atoms with Crippen molar-refractivity contribution in [2.24, 2.45) is 0 Å². The van der Waals surface area contributed by atoms with Gasteiger partial charge in [0.2, 0.25) is 0 Å². The Morgan fingerprint density at radius 2 is 0.966 bits per heavy atom. The van der Waals surface area contributed by atoms with Crippen molar-refractivity contribution in [2.75, 3.05) is 0 Å². The number of hydrogen-bond acceptors (Lipinski definition) is 3. The lowest BCUT2D eigenvalue weighted by Crippen LogP contribution is -2.17. The van der Waals surface area contributed by atoms with Crippen LogP contribution in [0.2, 0.25) is 0 Å². The molecule has 0 fully saturated rings. The fourth-order valence-electron chi connectivity index (χ4n) is 10.3. The van der Waals surface area contributed by atoms with Crippen LogP contribution < -0.4 is 0 Å². The van der Waals surface area contributed by atoms with Gasteiger partial charge in [-0.2, -0.15) is 0 Å². The summed E-state index contributed by atoms with van der Waals surface area (Å²) < 4.78 is 4.99. The standard InChI is InChI=1S/C54H35N5/c1-54(2)42-25-12-9-22-38(42)48-45(29-28-39(49(48)54)53-56-51(32-16-5-3-6-17-32)55-52(57-53)33-18-7-4-8-19-33)58-43-26-13-11-21-35(43)40-30-41-37-24-15-23-36-34-20-10-14-27-44(34)59(50(36)37)47(41)31-46(40)58/h3-31H,1-2H3. The molecule has 0 radical (unpaired) electrons. The summed E-state index contributed by atoms with van der Waals surface area (Å²) in [6.45, 7) is 4.70. The van der Waals surface area contributed by atoms with Crippen LogP contribution in [0.1, 0.15) is 25.0 Å². The smallest absolute Gasteiger partial charge is 0.164 e. The molecule has 0 saturated carbocycles. The lowest BCUT2D eigenvalue weighted by molar-refractivity contribution is 0.661. The van der Waals surface area contributed by atoms with Crippen LogP contribution in [0, 0.1) is 0 Å². The van der Waals surface area contributed by atoms with Crippen LogP contribution in [0.3, 0.4) is 0 Å². The number of nitrogens with zero attached hydrogens (tertiary/aromatic N) is 5. The van der Waals surface area contributed by atoms with E-state index in [0.717, 1.165) is 22.4 Å². The van der Waals surface area contributed by atoms with Gasteiger partial charge in [0.1, 0.15) is 0 Å². The maximum Gasteiger partial charge on any atom is 0.164 e. The molecule has 5 nitrogen and oxygen atoms in total. The molecule has 276 valence electrons. The summed E-state index contributed by atoms with van der Waals surface area (Å²) in [6.07, 6.45) is 0. The molecular weight excluding hydrogens is 719 g/mol. The maximum absolute atomic E-state index is 5.26. The zero-order valence-corrected chi connectivity index (χ0v) is 32.5. The quantitative estimate of drug-likeness (QED) is 0.180. The maximum atomic E-state index is 5.26. The fraction of sp³-hybridized carbons (Fsp3) is 0.0556. The second-order valence-electron chi connectivity index (χ2n) is 16.4. The second-order valence-corrected chi connectivity index (χ2v) is 16.4. The molecule has 8 aromatic carbocycles. The van der Waals surface area contributed by atoms with E-state index >= 15 is 0 Å². The van der Waals surface area contributed by atoms with Gasteiger partial charge in [-0.1, -0.05) is 153 Å². The SMILES string of the molecule is CC1(C)c2ccccc2-c2c(-n3c4ccccc4c4cc5c6cccc7c8ccccc8n(c5cc43)c76)ccc(-c3nc(-c4ccccc4)nc(-c4ccccc4)n3)c21. The summed E-state index contributed by atoms with van der Waals surface area (Å²) >= 11 is 0. The Bertz CT molecular complexity index is 3630. The molecule has 1 aliphatic rings. The minimum atomic E-state index is -0.346. The van der Waals surface area contributed by atoms with Crippen LogP contribution in [-0.4, -0.2) is 23.9 Å². The van der Waals surface area contributed by atoms with Crippen molar-refractivity contribution in [3.8, 4) is 51.0 Å². The molecule has 4 aromatic heterocycles. The highest BCUT2D eigenvalue weighted by atomic mass is 15.0. The molecule has 0 atom stereocenters. The van der Waals surface area contributed by atoms with Crippen LogP contribution in [-0.2, 0) is 5.41 Å². The van der Waals surface area contributed by atoms with E-state index in [1.807, 2.05) is 36.4 Å². The van der Waals surface area contributed by atoms with E-state index in [4.69, 9.17) is 15.0 Å². The Hall–Kier alpha value is -7.63. The topological polar surface area (TPSA) is 48.0 Å². The highest BCUT2D eigenvalue weighted by Gasteiger charge is 2.40. The fourth-order valence-corrected chi connectivity index (χ4v) is 10.3. The number of benzene rings is 8. The lowest BCUT2D eigenvalue weighted by Gasteiger charge is -2.25. The number of aromatic nitrogens is 5. The van der Waals surface area contributed by atoms with Gasteiger partial charge in [0.05, 0.1) is 33.3 Å². The first-order valence-corrected chi connectivity index (χ1v) is 20.3. The van der Waals surface area contributed by atoms with Gasteiger partial charge < -0.3 is 8.97 Å². The summed E-state index contributed by atoms with van der Waals surface area (Å²) in [7, 11) is 0. The molecule has 0 aliphatic heterocycles. The molecule has 0 spiro atoms. The third-order valence-corrected chi connectivity index (χ3v) is 12.9. The van der Waals surface area contributed by atoms with Gasteiger partial charge in [0.15, 0.2) is 17.5 Å². The number of rotatable bonds is 4. The van der Waals surface area contributed by atoms with E-state index in [1.54, 1.807) is 0 Å². The second kappa shape index (κ2) is 11.7. The van der Waals surface area contributed by atoms with Gasteiger partial charge in [0, 0.05) is 60.0 Å². The Morgan fingerprint density at radius 1 is 0.407 bits per heavy atom. The van der Waals surface area contributed by atoms with Crippen molar-refractivity contribution in [1.29, 1.82) is 0 Å². The first kappa shape index (κ1) is 32.5. The van der Waals surface area contributed by atoms with Crippen molar-refractivity contribution < 1.29 is 0 Å². The first-order valence-electron chi connectivity index (χ1n) is 20.3. The molecule has 5 heteroatoms. The van der Waals surface area contributed by atoms with Crippen molar-refractivity contribution >= 4 is 59.9 Å². The third-order valence-electron chi connectivity index (χ3n) is 12.9. The van der Waals surface area contributed by atoms with Crippen LogP contribution in [0.5, 0.6) is 0 Å². The van der Waals surface area contributed by atoms with Gasteiger partial charge in [-0.25, -0.2) is 15.0 Å². The van der Waals surface area contributed by atoms with E-state index in [1.165, 1.54) is 82.2 Å². The van der Waals surface area contributed by atoms with Gasteiger partial charge >= 0.3 is 0 Å². The molecule has 0 bridgehead atoms. The Labute approximate surface area is 339 Å². The largest absolute Gasteiger partial charge is 0.309 e. The van der Waals surface area contributed by atoms with Crippen molar-refractivity contribution in [3.63, 3.8) is 0 Å². The molecule has 0 unspecified atom stereocenters. The molecular formula is C54H35N5. The minimum absolute atomic E-state index is 0.346. The van der Waals surface area contributed by atoms with Crippen LogP contribution >= 0.6 is 0 Å². The van der Waals surface area contributed by atoms with Crippen LogP contribution in [0.25, 0.3) is 111 Å². The summed E-state index contributed by atoms with van der Waals surface area (Å²) in [5.74, 6) is 1.98. The van der Waals surface area contributed by atoms with Gasteiger partial charge in [-0.15, -0.1) is 0 Å². The monoisotopic (exact) mass is 753 g/mol. The summed E-state index contributed by atoms with van der Waals surface area (Å²) in [5.41, 5.74) is 14.8. The molecule has 59 heavy (non-hydrogen) atoms. The van der Waals surface area contributed by atoms with Crippen molar-refractivity contribution in [1.82, 2.24) is 23.9 Å². The van der Waals surface area contributed by atoms with Crippen LogP contribution in [0.4, 0.5) is 0 Å². The van der Waals surface area contributed by atoms with E-state index in [0.29, 0.717) is 17.5 Å². The predicted octanol–water partition coefficient (Wildman–Crippen LogP) is 13.4. The first-order chi connectivity index (χ1) is 29.0. The zero-order valence-electron chi connectivity index (χ0n) is 32.5. The molecule has 0 N–H and O–H groups in total. The predicted molar refractivity (Wildman–Crippen MR) is 243 cm³/mol. The highest BCUT2D eigenvalue weighted by molar-refractivity contribution is 6.26. The van der Waals surface area contributed by atoms with Crippen LogP contribution in [0.15, 0.2) is 176 Å². The van der Waals surface area contributed by atoms with Gasteiger partial charge in [0.25, 0.3) is 0 Å². The lowest BCUT2D eigenvalue weighted by atomic mass is 9.79. The van der Waals surface area contributed by atoms with E-state index in [2.05, 4.69) is 162 Å². The summed E-state index contributed by atoms with van der Waals surface area (Å²) in [6, 6.07) is 63.3. The van der Waals surface area contributed by atoms with E-state index in [9.17, 15) is 0 Å². The number of hydrogen-bond donors (Lipinski definition) is 0. The summed E-state index contributed by atoms with van der Waals surface area (Å²) in [4.78, 5) is 15.6. The highest BCUT2D eigenvalue weighted by Crippen LogP contribution is 2.55. The molecule has 12 aromatic rings. The molecule has 0 saturated heterocycles. The molecule has 13 rings (SSSR count). The van der Waals surface area contributed by atoms with Gasteiger partial charge in [-0.05, 0) is 53.1 Å². The average Bonchev–Trinajstić information content (AvgIpc) is 3.99. The Kier molecular flexibility index (Phi) is 6.44. The Morgan fingerprint density at radius 3 is 1.69 bits per heavy atom. The normalized spacial score (nSPS) is 13.4. The van der Waals surface area contributed by atoms with E-state index < -0.39 is 0 Å².